The van der Waals surface area contributed by atoms with Crippen molar-refractivity contribution in [3.8, 4) is 0 Å². The van der Waals surface area contributed by atoms with Crippen LogP contribution in [-0.2, 0) is 22.6 Å². The van der Waals surface area contributed by atoms with E-state index in [1.54, 1.807) is 0 Å². The molecule has 0 saturated heterocycles. The van der Waals surface area contributed by atoms with Crippen molar-refractivity contribution in [2.24, 2.45) is 0 Å². The standard InChI is InChI=1S/C19H18N2O2S/c1-2-21-18(22)16(15-8-5-11-24-15)17(19(21)23)20-10-9-13-6-3-4-7-14(13)12-20/h3-8,11H,2,9-10,12H2,1H3. The van der Waals surface area contributed by atoms with Gasteiger partial charge in [0, 0.05) is 24.5 Å². The third-order valence-corrected chi connectivity index (χ3v) is 5.56. The molecule has 0 unspecified atom stereocenters. The van der Waals surface area contributed by atoms with Gasteiger partial charge >= 0.3 is 0 Å². The molecule has 0 radical (unpaired) electrons. The van der Waals surface area contributed by atoms with Gasteiger partial charge < -0.3 is 4.90 Å². The van der Waals surface area contributed by atoms with Crippen molar-refractivity contribution in [3.05, 3.63) is 63.5 Å². The molecule has 122 valence electrons. The fraction of sp³-hybridized carbons (Fsp3) is 0.263. The lowest BCUT2D eigenvalue weighted by molar-refractivity contribution is -0.137. The molecule has 2 aliphatic heterocycles. The Balaban J connectivity index is 1.79. The van der Waals surface area contributed by atoms with Gasteiger partial charge in [-0.2, -0.15) is 0 Å². The summed E-state index contributed by atoms with van der Waals surface area (Å²) in [5.74, 6) is -0.330. The van der Waals surface area contributed by atoms with Crippen LogP contribution in [0.25, 0.3) is 5.57 Å². The molecule has 5 heteroatoms. The number of amides is 2. The van der Waals surface area contributed by atoms with Crippen LogP contribution in [0.15, 0.2) is 47.5 Å². The van der Waals surface area contributed by atoms with Gasteiger partial charge in [0.25, 0.3) is 11.8 Å². The van der Waals surface area contributed by atoms with Gasteiger partial charge in [0.05, 0.1) is 5.57 Å². The summed E-state index contributed by atoms with van der Waals surface area (Å²) < 4.78 is 0. The Kier molecular flexibility index (Phi) is 3.73. The van der Waals surface area contributed by atoms with Crippen molar-refractivity contribution in [1.29, 1.82) is 0 Å². The maximum atomic E-state index is 12.9. The Morgan fingerprint density at radius 2 is 1.83 bits per heavy atom. The van der Waals surface area contributed by atoms with Gasteiger partial charge in [-0.05, 0) is 35.9 Å². The third kappa shape index (κ3) is 2.27. The first kappa shape index (κ1) is 15.1. The van der Waals surface area contributed by atoms with E-state index < -0.39 is 0 Å². The average Bonchev–Trinajstić information content (AvgIpc) is 3.20. The first-order valence-corrected chi connectivity index (χ1v) is 9.04. The molecule has 0 bridgehead atoms. The smallest absolute Gasteiger partial charge is 0.277 e. The third-order valence-electron chi connectivity index (χ3n) is 4.67. The highest BCUT2D eigenvalue weighted by molar-refractivity contribution is 7.11. The van der Waals surface area contributed by atoms with Crippen LogP contribution in [0.4, 0.5) is 0 Å². The second-order valence-corrected chi connectivity index (χ2v) is 6.94. The van der Waals surface area contributed by atoms with Crippen molar-refractivity contribution >= 4 is 28.7 Å². The fourth-order valence-corrected chi connectivity index (χ4v) is 4.24. The summed E-state index contributed by atoms with van der Waals surface area (Å²) in [6.07, 6.45) is 0.894. The van der Waals surface area contributed by atoms with Gasteiger partial charge in [0.1, 0.15) is 5.70 Å². The van der Waals surface area contributed by atoms with Gasteiger partial charge in [-0.15, -0.1) is 11.3 Å². The number of likely N-dealkylation sites (N-methyl/N-ethyl adjacent to an activating group) is 1. The first-order valence-electron chi connectivity index (χ1n) is 8.16. The molecule has 0 fully saturated rings. The van der Waals surface area contributed by atoms with E-state index in [9.17, 15) is 9.59 Å². The van der Waals surface area contributed by atoms with E-state index in [1.165, 1.54) is 27.4 Å². The second kappa shape index (κ2) is 5.91. The Labute approximate surface area is 145 Å². The average molecular weight is 338 g/mol. The summed E-state index contributed by atoms with van der Waals surface area (Å²) in [6.45, 7) is 3.69. The zero-order chi connectivity index (χ0) is 16.7. The minimum absolute atomic E-state index is 0.162. The van der Waals surface area contributed by atoms with Gasteiger partial charge in [0.15, 0.2) is 0 Å². The summed E-state index contributed by atoms with van der Waals surface area (Å²) in [7, 11) is 0. The number of thiophene rings is 1. The quantitative estimate of drug-likeness (QED) is 0.808. The molecule has 0 N–H and O–H groups in total. The molecule has 24 heavy (non-hydrogen) atoms. The highest BCUT2D eigenvalue weighted by Crippen LogP contribution is 2.35. The molecule has 2 aromatic rings. The lowest BCUT2D eigenvalue weighted by Crippen LogP contribution is -2.37. The predicted molar refractivity (Wildman–Crippen MR) is 94.2 cm³/mol. The van der Waals surface area contributed by atoms with E-state index in [0.29, 0.717) is 24.4 Å². The van der Waals surface area contributed by atoms with Crippen LogP contribution in [0.3, 0.4) is 0 Å². The zero-order valence-electron chi connectivity index (χ0n) is 13.5. The summed E-state index contributed by atoms with van der Waals surface area (Å²) in [5.41, 5.74) is 3.70. The van der Waals surface area contributed by atoms with Crippen molar-refractivity contribution in [2.45, 2.75) is 19.9 Å². The molecule has 0 aliphatic carbocycles. The minimum atomic E-state index is -0.168. The number of benzene rings is 1. The number of nitrogens with zero attached hydrogens (tertiary/aromatic N) is 2. The highest BCUT2D eigenvalue weighted by atomic mass is 32.1. The SMILES string of the molecule is CCN1C(=O)C(c2cccs2)=C(N2CCc3ccccc3C2)C1=O. The van der Waals surface area contributed by atoms with Gasteiger partial charge in [-0.1, -0.05) is 30.3 Å². The molecule has 0 saturated carbocycles. The normalized spacial score (nSPS) is 17.7. The molecule has 4 nitrogen and oxygen atoms in total. The molecule has 4 rings (SSSR count). The Bertz CT molecular complexity index is 839. The molecular formula is C19H18N2O2S. The Morgan fingerprint density at radius 1 is 1.04 bits per heavy atom. The van der Waals surface area contributed by atoms with Crippen LogP contribution in [0.2, 0.25) is 0 Å². The summed E-state index contributed by atoms with van der Waals surface area (Å²) >= 11 is 1.51. The van der Waals surface area contributed by atoms with E-state index >= 15 is 0 Å². The predicted octanol–water partition coefficient (Wildman–Crippen LogP) is 2.91. The van der Waals surface area contributed by atoms with E-state index in [1.807, 2.05) is 36.6 Å². The fourth-order valence-electron chi connectivity index (χ4n) is 3.47. The number of fused-ring (bicyclic) bond motifs is 1. The minimum Gasteiger partial charge on any atom is -0.362 e. The van der Waals surface area contributed by atoms with E-state index in [2.05, 4.69) is 17.0 Å². The number of carbonyl (C=O) groups is 2. The van der Waals surface area contributed by atoms with E-state index in [-0.39, 0.29) is 11.8 Å². The Hall–Kier alpha value is -2.40. The van der Waals surface area contributed by atoms with Crippen molar-refractivity contribution in [2.75, 3.05) is 13.1 Å². The van der Waals surface area contributed by atoms with Crippen molar-refractivity contribution in [3.63, 3.8) is 0 Å². The molecule has 1 aromatic carbocycles. The molecule has 3 heterocycles. The van der Waals surface area contributed by atoms with Crippen molar-refractivity contribution in [1.82, 2.24) is 9.80 Å². The largest absolute Gasteiger partial charge is 0.362 e. The monoisotopic (exact) mass is 338 g/mol. The van der Waals surface area contributed by atoms with Gasteiger partial charge in [-0.25, -0.2) is 0 Å². The molecule has 2 aliphatic rings. The molecular weight excluding hydrogens is 320 g/mol. The van der Waals surface area contributed by atoms with Crippen LogP contribution in [0, 0.1) is 0 Å². The number of imide groups is 1. The summed E-state index contributed by atoms with van der Waals surface area (Å²) in [5, 5.41) is 1.94. The first-order chi connectivity index (χ1) is 11.7. The van der Waals surface area contributed by atoms with Gasteiger partial charge in [-0.3, -0.25) is 14.5 Å². The number of hydrogen-bond donors (Lipinski definition) is 0. The highest BCUT2D eigenvalue weighted by Gasteiger charge is 2.41. The van der Waals surface area contributed by atoms with Crippen LogP contribution in [0.1, 0.15) is 22.9 Å². The zero-order valence-corrected chi connectivity index (χ0v) is 14.3. The second-order valence-electron chi connectivity index (χ2n) is 6.00. The lowest BCUT2D eigenvalue weighted by atomic mass is 9.99. The lowest BCUT2D eigenvalue weighted by Gasteiger charge is -2.31. The van der Waals surface area contributed by atoms with Gasteiger partial charge in [0.2, 0.25) is 0 Å². The van der Waals surface area contributed by atoms with Crippen LogP contribution in [-0.4, -0.2) is 34.7 Å². The van der Waals surface area contributed by atoms with E-state index in [0.717, 1.165) is 17.8 Å². The van der Waals surface area contributed by atoms with Crippen LogP contribution < -0.4 is 0 Å². The molecule has 0 spiro atoms. The van der Waals surface area contributed by atoms with Crippen molar-refractivity contribution < 1.29 is 9.59 Å². The molecule has 1 aromatic heterocycles. The van der Waals surface area contributed by atoms with E-state index in [4.69, 9.17) is 0 Å². The van der Waals surface area contributed by atoms with Crippen LogP contribution >= 0.6 is 11.3 Å². The van der Waals surface area contributed by atoms with Crippen LogP contribution in [0.5, 0.6) is 0 Å². The number of carbonyl (C=O) groups excluding carboxylic acids is 2. The number of hydrogen-bond acceptors (Lipinski definition) is 4. The Morgan fingerprint density at radius 3 is 2.54 bits per heavy atom. The molecule has 2 amide bonds. The topological polar surface area (TPSA) is 40.6 Å². The maximum absolute atomic E-state index is 12.9. The summed E-state index contributed by atoms with van der Waals surface area (Å²) in [4.78, 5) is 29.9. The summed E-state index contributed by atoms with van der Waals surface area (Å²) in [6, 6.07) is 12.2. The maximum Gasteiger partial charge on any atom is 0.277 e. The molecule has 0 atom stereocenters. The number of rotatable bonds is 3.